The maximum Gasteiger partial charge on any atom is 0.163 e. The highest BCUT2D eigenvalue weighted by Crippen LogP contribution is 2.32. The van der Waals surface area contributed by atoms with E-state index in [1.165, 1.54) is 0 Å². The van der Waals surface area contributed by atoms with Crippen molar-refractivity contribution in [3.63, 3.8) is 0 Å². The van der Waals surface area contributed by atoms with Crippen molar-refractivity contribution >= 4 is 11.5 Å². The number of hydrogen-bond donors (Lipinski definition) is 0. The summed E-state index contributed by atoms with van der Waals surface area (Å²) in [6, 6.07) is 19.3. The molecular weight excluding hydrogens is 386 g/mol. The SMILES string of the molecule is CC(C)CC(=O)c1cc(C2=NOC(c3ccncc3)C2)cc(-c2ccccc2C#N)c1. The summed E-state index contributed by atoms with van der Waals surface area (Å²) in [5.74, 6) is 0.340. The summed E-state index contributed by atoms with van der Waals surface area (Å²) >= 11 is 0. The molecule has 5 nitrogen and oxygen atoms in total. The van der Waals surface area contributed by atoms with E-state index in [1.54, 1.807) is 18.5 Å². The van der Waals surface area contributed by atoms with Crippen molar-refractivity contribution in [3.05, 3.63) is 89.2 Å². The minimum Gasteiger partial charge on any atom is -0.387 e. The van der Waals surface area contributed by atoms with Crippen molar-refractivity contribution in [2.24, 2.45) is 11.1 Å². The summed E-state index contributed by atoms with van der Waals surface area (Å²) in [6.45, 7) is 4.06. The van der Waals surface area contributed by atoms with Crippen LogP contribution in [0.25, 0.3) is 11.1 Å². The van der Waals surface area contributed by atoms with Crippen LogP contribution in [0.15, 0.2) is 72.1 Å². The van der Waals surface area contributed by atoms with Gasteiger partial charge in [0.15, 0.2) is 11.9 Å². The highest BCUT2D eigenvalue weighted by Gasteiger charge is 2.25. The highest BCUT2D eigenvalue weighted by atomic mass is 16.6. The van der Waals surface area contributed by atoms with E-state index in [0.29, 0.717) is 24.0 Å². The van der Waals surface area contributed by atoms with Gasteiger partial charge in [-0.05, 0) is 59.0 Å². The molecule has 0 saturated heterocycles. The Bertz CT molecular complexity index is 1180. The fourth-order valence-corrected chi connectivity index (χ4v) is 3.74. The number of Topliss-reactive ketones (excluding diaryl/α,β-unsaturated/α-hetero) is 1. The number of carbonyl (C=O) groups excluding carboxylic acids is 1. The number of nitrogens with zero attached hydrogens (tertiary/aromatic N) is 3. The van der Waals surface area contributed by atoms with Gasteiger partial charge in [-0.25, -0.2) is 0 Å². The minimum atomic E-state index is -0.178. The average molecular weight is 409 g/mol. The molecule has 1 aromatic heterocycles. The molecule has 0 saturated carbocycles. The predicted molar refractivity (Wildman–Crippen MR) is 120 cm³/mol. The molecule has 2 heterocycles. The molecule has 4 rings (SSSR count). The number of aromatic nitrogens is 1. The van der Waals surface area contributed by atoms with Crippen LogP contribution in [0.2, 0.25) is 0 Å². The van der Waals surface area contributed by atoms with Gasteiger partial charge >= 0.3 is 0 Å². The van der Waals surface area contributed by atoms with Gasteiger partial charge in [0.1, 0.15) is 0 Å². The van der Waals surface area contributed by atoms with Gasteiger partial charge < -0.3 is 4.84 Å². The molecule has 1 atom stereocenters. The maximum atomic E-state index is 12.9. The molecule has 0 spiro atoms. The Balaban J connectivity index is 1.74. The van der Waals surface area contributed by atoms with Crippen molar-refractivity contribution in [1.82, 2.24) is 4.98 Å². The molecule has 1 aliphatic rings. The molecule has 0 amide bonds. The Morgan fingerprint density at radius 2 is 1.87 bits per heavy atom. The van der Waals surface area contributed by atoms with E-state index in [1.807, 2.05) is 62.4 Å². The Hall–Kier alpha value is -3.78. The van der Waals surface area contributed by atoms with E-state index in [-0.39, 0.29) is 17.8 Å². The lowest BCUT2D eigenvalue weighted by molar-refractivity contribution is 0.0857. The number of carbonyl (C=O) groups is 1. The first kappa shape index (κ1) is 20.5. The maximum absolute atomic E-state index is 12.9. The zero-order chi connectivity index (χ0) is 21.8. The second-order valence-corrected chi connectivity index (χ2v) is 8.09. The molecule has 5 heteroatoms. The van der Waals surface area contributed by atoms with E-state index in [0.717, 1.165) is 28.0 Å². The first-order chi connectivity index (χ1) is 15.0. The predicted octanol–water partition coefficient (Wildman–Crippen LogP) is 5.71. The summed E-state index contributed by atoms with van der Waals surface area (Å²) in [7, 11) is 0. The molecule has 31 heavy (non-hydrogen) atoms. The molecule has 0 bridgehead atoms. The van der Waals surface area contributed by atoms with Crippen molar-refractivity contribution in [2.45, 2.75) is 32.8 Å². The molecule has 1 aliphatic heterocycles. The van der Waals surface area contributed by atoms with Crippen molar-refractivity contribution in [2.75, 3.05) is 0 Å². The van der Waals surface area contributed by atoms with Crippen molar-refractivity contribution in [1.29, 1.82) is 5.26 Å². The third kappa shape index (κ3) is 4.54. The monoisotopic (exact) mass is 409 g/mol. The fraction of sp³-hybridized carbons (Fsp3) is 0.231. The molecule has 2 aromatic carbocycles. The van der Waals surface area contributed by atoms with Gasteiger partial charge in [0, 0.05) is 36.4 Å². The summed E-state index contributed by atoms with van der Waals surface area (Å²) < 4.78 is 0. The van der Waals surface area contributed by atoms with Crippen LogP contribution in [-0.4, -0.2) is 16.5 Å². The number of nitriles is 1. The van der Waals surface area contributed by atoms with Crippen molar-refractivity contribution in [3.8, 4) is 17.2 Å². The largest absolute Gasteiger partial charge is 0.387 e. The van der Waals surface area contributed by atoms with Gasteiger partial charge in [-0.2, -0.15) is 5.26 Å². The van der Waals surface area contributed by atoms with Crippen molar-refractivity contribution < 1.29 is 9.63 Å². The van der Waals surface area contributed by atoms with Gasteiger partial charge in [-0.1, -0.05) is 37.2 Å². The van der Waals surface area contributed by atoms with Crippen LogP contribution in [0, 0.1) is 17.2 Å². The first-order valence-corrected chi connectivity index (χ1v) is 10.4. The quantitative estimate of drug-likeness (QED) is 0.488. The minimum absolute atomic E-state index is 0.0812. The highest BCUT2D eigenvalue weighted by molar-refractivity contribution is 6.06. The summed E-state index contributed by atoms with van der Waals surface area (Å²) in [4.78, 5) is 22.6. The summed E-state index contributed by atoms with van der Waals surface area (Å²) in [5.41, 5.74) is 5.47. The lowest BCUT2D eigenvalue weighted by atomic mass is 9.91. The van der Waals surface area contributed by atoms with E-state index < -0.39 is 0 Å². The van der Waals surface area contributed by atoms with Gasteiger partial charge in [-0.15, -0.1) is 0 Å². The fourth-order valence-electron chi connectivity index (χ4n) is 3.74. The smallest absolute Gasteiger partial charge is 0.163 e. The Morgan fingerprint density at radius 3 is 2.61 bits per heavy atom. The molecule has 1 unspecified atom stereocenters. The molecular formula is C26H23N3O2. The number of oxime groups is 1. The van der Waals surface area contributed by atoms with Crippen LogP contribution < -0.4 is 0 Å². The first-order valence-electron chi connectivity index (χ1n) is 10.4. The Kier molecular flexibility index (Phi) is 5.90. The number of hydrogen-bond acceptors (Lipinski definition) is 5. The van der Waals surface area contributed by atoms with Gasteiger partial charge in [0.05, 0.1) is 17.3 Å². The second kappa shape index (κ2) is 8.93. The molecule has 0 radical (unpaired) electrons. The third-order valence-electron chi connectivity index (χ3n) is 5.29. The third-order valence-corrected chi connectivity index (χ3v) is 5.29. The van der Waals surface area contributed by atoms with Crippen LogP contribution in [0.3, 0.4) is 0 Å². The number of pyridine rings is 1. The molecule has 0 N–H and O–H groups in total. The average Bonchev–Trinajstić information content (AvgIpc) is 3.29. The van der Waals surface area contributed by atoms with Crippen LogP contribution in [0.5, 0.6) is 0 Å². The molecule has 154 valence electrons. The molecule has 0 aliphatic carbocycles. The zero-order valence-electron chi connectivity index (χ0n) is 17.6. The van der Waals surface area contributed by atoms with Gasteiger partial charge in [0.25, 0.3) is 0 Å². The number of ketones is 1. The zero-order valence-corrected chi connectivity index (χ0v) is 17.6. The van der Waals surface area contributed by atoms with Crippen LogP contribution in [-0.2, 0) is 4.84 Å². The van der Waals surface area contributed by atoms with Crippen LogP contribution in [0.1, 0.15) is 59.8 Å². The van der Waals surface area contributed by atoms with E-state index >= 15 is 0 Å². The van der Waals surface area contributed by atoms with Crippen LogP contribution in [0.4, 0.5) is 0 Å². The number of benzene rings is 2. The van der Waals surface area contributed by atoms with E-state index in [9.17, 15) is 10.1 Å². The molecule has 3 aromatic rings. The molecule has 0 fully saturated rings. The second-order valence-electron chi connectivity index (χ2n) is 8.09. The van der Waals surface area contributed by atoms with Gasteiger partial charge in [0.2, 0.25) is 0 Å². The Labute approximate surface area is 182 Å². The van der Waals surface area contributed by atoms with Gasteiger partial charge in [-0.3, -0.25) is 9.78 Å². The summed E-state index contributed by atoms with van der Waals surface area (Å²) in [5, 5.41) is 13.9. The topological polar surface area (TPSA) is 75.3 Å². The number of rotatable bonds is 6. The van der Waals surface area contributed by atoms with E-state index in [4.69, 9.17) is 4.84 Å². The Morgan fingerprint density at radius 1 is 1.13 bits per heavy atom. The summed E-state index contributed by atoms with van der Waals surface area (Å²) in [6.07, 6.45) is 4.36. The lowest BCUT2D eigenvalue weighted by Crippen LogP contribution is -2.07. The standard InChI is InChI=1S/C26H23N3O2/c1-17(2)11-25(30)22-13-20(23-6-4-3-5-19(23)16-27)12-21(14-22)24-15-26(31-29-24)18-7-9-28-10-8-18/h3-10,12-14,17,26H,11,15H2,1-2H3. The van der Waals surface area contributed by atoms with E-state index in [2.05, 4.69) is 16.2 Å². The normalized spacial score (nSPS) is 15.3. The van der Waals surface area contributed by atoms with Crippen LogP contribution >= 0.6 is 0 Å². The lowest BCUT2D eigenvalue weighted by Gasteiger charge is -2.12.